The average Bonchev–Trinajstić information content (AvgIpc) is 2.44. The molecule has 4 heteroatoms. The number of hydrogen-bond acceptors (Lipinski definition) is 1. The molecule has 0 radical (unpaired) electrons. The van der Waals surface area contributed by atoms with Crippen LogP contribution < -0.4 is 0 Å². The molecule has 0 bridgehead atoms. The van der Waals surface area contributed by atoms with Gasteiger partial charge in [-0.3, -0.25) is 0 Å². The van der Waals surface area contributed by atoms with Crippen molar-refractivity contribution in [1.29, 1.82) is 0 Å². The van der Waals surface area contributed by atoms with Crippen LogP contribution in [0.3, 0.4) is 0 Å². The van der Waals surface area contributed by atoms with Crippen LogP contribution in [0, 0.1) is 6.92 Å². The summed E-state index contributed by atoms with van der Waals surface area (Å²) in [5, 5.41) is 0. The van der Waals surface area contributed by atoms with E-state index >= 15 is 0 Å². The molecule has 0 spiro atoms. The summed E-state index contributed by atoms with van der Waals surface area (Å²) >= 11 is 6.91. The van der Waals surface area contributed by atoms with E-state index in [1.165, 1.54) is 0 Å². The monoisotopic (exact) mass is 328 g/mol. The van der Waals surface area contributed by atoms with Crippen molar-refractivity contribution in [3.63, 3.8) is 0 Å². The molecule has 2 rings (SSSR count). The molecule has 0 atom stereocenters. The van der Waals surface area contributed by atoms with E-state index in [1.54, 1.807) is 0 Å². The van der Waals surface area contributed by atoms with Gasteiger partial charge in [-0.25, -0.2) is 4.98 Å². The van der Waals surface area contributed by atoms with Crippen LogP contribution in [0.15, 0.2) is 33.3 Å². The summed E-state index contributed by atoms with van der Waals surface area (Å²) in [5.41, 5.74) is 2.27. The van der Waals surface area contributed by atoms with Gasteiger partial charge in [-0.1, -0.05) is 28.1 Å². The maximum atomic E-state index is 4.38. The van der Waals surface area contributed by atoms with E-state index in [0.29, 0.717) is 0 Å². The summed E-state index contributed by atoms with van der Waals surface area (Å²) in [7, 11) is 2.02. The third-order valence-corrected chi connectivity index (χ3v) is 3.48. The Kier molecular flexibility index (Phi) is 2.98. The Morgan fingerprint density at radius 2 is 1.73 bits per heavy atom. The van der Waals surface area contributed by atoms with Crippen molar-refractivity contribution in [2.75, 3.05) is 0 Å². The molecule has 2 nitrogen and oxygen atoms in total. The second kappa shape index (κ2) is 4.10. The minimum atomic E-state index is 0.893. The third kappa shape index (κ3) is 2.01. The lowest BCUT2D eigenvalue weighted by Crippen LogP contribution is -1.94. The highest BCUT2D eigenvalue weighted by atomic mass is 79.9. The van der Waals surface area contributed by atoms with Gasteiger partial charge in [0.2, 0.25) is 0 Å². The topological polar surface area (TPSA) is 17.8 Å². The van der Waals surface area contributed by atoms with Crippen LogP contribution in [-0.4, -0.2) is 9.55 Å². The molecule has 0 aliphatic heterocycles. The Labute approximate surface area is 106 Å². The van der Waals surface area contributed by atoms with E-state index in [1.807, 2.05) is 26.1 Å². The van der Waals surface area contributed by atoms with Crippen LogP contribution in [0.25, 0.3) is 11.3 Å². The van der Waals surface area contributed by atoms with Crippen LogP contribution in [-0.2, 0) is 7.05 Å². The van der Waals surface area contributed by atoms with Crippen molar-refractivity contribution in [3.8, 4) is 11.3 Å². The number of halogens is 2. The van der Waals surface area contributed by atoms with Crippen molar-refractivity contribution >= 4 is 31.9 Å². The molecule has 0 aliphatic carbocycles. The number of rotatable bonds is 1. The van der Waals surface area contributed by atoms with Gasteiger partial charge in [0.1, 0.15) is 10.4 Å². The molecule has 1 aromatic heterocycles. The number of aromatic nitrogens is 2. The molecule has 1 heterocycles. The lowest BCUT2D eigenvalue weighted by molar-refractivity contribution is 0.865. The summed E-state index contributed by atoms with van der Waals surface area (Å²) in [6, 6.07) is 8.21. The van der Waals surface area contributed by atoms with E-state index in [4.69, 9.17) is 0 Å². The van der Waals surface area contributed by atoms with E-state index in [2.05, 4.69) is 53.5 Å². The Balaban J connectivity index is 2.58. The van der Waals surface area contributed by atoms with Crippen molar-refractivity contribution < 1.29 is 0 Å². The summed E-state index contributed by atoms with van der Waals surface area (Å²) in [4.78, 5) is 4.38. The van der Waals surface area contributed by atoms with Gasteiger partial charge in [0.15, 0.2) is 0 Å². The zero-order valence-electron chi connectivity index (χ0n) is 8.46. The zero-order chi connectivity index (χ0) is 11.0. The predicted molar refractivity (Wildman–Crippen MR) is 68.8 cm³/mol. The van der Waals surface area contributed by atoms with Crippen LogP contribution in [0.2, 0.25) is 0 Å². The fourth-order valence-electron chi connectivity index (χ4n) is 1.49. The minimum absolute atomic E-state index is 0.893. The highest BCUT2D eigenvalue weighted by Gasteiger charge is 2.11. The fraction of sp³-hybridized carbons (Fsp3) is 0.182. The second-order valence-electron chi connectivity index (χ2n) is 3.36. The Bertz CT molecular complexity index is 486. The Hall–Kier alpha value is -0.610. The van der Waals surface area contributed by atoms with E-state index in [9.17, 15) is 0 Å². The first kappa shape index (κ1) is 10.9. The van der Waals surface area contributed by atoms with E-state index in [0.717, 1.165) is 26.2 Å². The number of benzene rings is 1. The first-order valence-corrected chi connectivity index (χ1v) is 6.13. The van der Waals surface area contributed by atoms with Crippen molar-refractivity contribution in [2.45, 2.75) is 6.92 Å². The standard InChI is InChI=1S/C11H10Br2N2/c1-7-14-11(13)10(15(7)2)8-3-5-9(12)6-4-8/h3-6H,1-2H3. The lowest BCUT2D eigenvalue weighted by Gasteiger charge is -2.04. The molecule has 15 heavy (non-hydrogen) atoms. The third-order valence-electron chi connectivity index (χ3n) is 2.39. The quantitative estimate of drug-likeness (QED) is 0.775. The molecule has 0 N–H and O–H groups in total. The largest absolute Gasteiger partial charge is 0.330 e. The molecule has 2 aromatic rings. The molecule has 0 saturated heterocycles. The van der Waals surface area contributed by atoms with Crippen molar-refractivity contribution in [2.24, 2.45) is 7.05 Å². The molecular formula is C11H10Br2N2. The van der Waals surface area contributed by atoms with Gasteiger partial charge >= 0.3 is 0 Å². The van der Waals surface area contributed by atoms with Crippen LogP contribution in [0.4, 0.5) is 0 Å². The maximum Gasteiger partial charge on any atom is 0.132 e. The predicted octanol–water partition coefficient (Wildman–Crippen LogP) is 3.92. The van der Waals surface area contributed by atoms with Crippen LogP contribution in [0.1, 0.15) is 5.82 Å². The van der Waals surface area contributed by atoms with Gasteiger partial charge in [0.05, 0.1) is 5.69 Å². The van der Waals surface area contributed by atoms with Gasteiger partial charge in [0.25, 0.3) is 0 Å². The van der Waals surface area contributed by atoms with Crippen LogP contribution in [0.5, 0.6) is 0 Å². The Morgan fingerprint density at radius 3 is 2.20 bits per heavy atom. The highest BCUT2D eigenvalue weighted by molar-refractivity contribution is 9.10. The zero-order valence-corrected chi connectivity index (χ0v) is 11.6. The van der Waals surface area contributed by atoms with Gasteiger partial charge in [-0.15, -0.1) is 0 Å². The molecule has 78 valence electrons. The molecule has 0 aliphatic rings. The number of nitrogens with zero attached hydrogens (tertiary/aromatic N) is 2. The van der Waals surface area contributed by atoms with Gasteiger partial charge in [-0.2, -0.15) is 0 Å². The lowest BCUT2D eigenvalue weighted by atomic mass is 10.2. The summed E-state index contributed by atoms with van der Waals surface area (Å²) in [5.74, 6) is 1.000. The second-order valence-corrected chi connectivity index (χ2v) is 5.03. The first-order valence-electron chi connectivity index (χ1n) is 4.54. The molecule has 0 saturated carbocycles. The minimum Gasteiger partial charge on any atom is -0.330 e. The summed E-state index contributed by atoms with van der Waals surface area (Å²) < 4.78 is 4.05. The van der Waals surface area contributed by atoms with Gasteiger partial charge < -0.3 is 4.57 Å². The number of imidazole rings is 1. The molecular weight excluding hydrogens is 320 g/mol. The molecule has 1 aromatic carbocycles. The highest BCUT2D eigenvalue weighted by Crippen LogP contribution is 2.28. The molecule has 0 unspecified atom stereocenters. The van der Waals surface area contributed by atoms with E-state index in [-0.39, 0.29) is 0 Å². The Morgan fingerprint density at radius 1 is 1.13 bits per heavy atom. The smallest absolute Gasteiger partial charge is 0.132 e. The van der Waals surface area contributed by atoms with E-state index < -0.39 is 0 Å². The fourth-order valence-corrected chi connectivity index (χ4v) is 2.51. The average molecular weight is 330 g/mol. The van der Waals surface area contributed by atoms with Gasteiger partial charge in [-0.05, 0) is 35.0 Å². The van der Waals surface area contributed by atoms with Crippen LogP contribution >= 0.6 is 31.9 Å². The molecule has 0 amide bonds. The molecule has 0 fully saturated rings. The first-order chi connectivity index (χ1) is 7.09. The van der Waals surface area contributed by atoms with Gasteiger partial charge in [0, 0.05) is 17.1 Å². The summed E-state index contributed by atoms with van der Waals surface area (Å²) in [6.45, 7) is 1.99. The number of hydrogen-bond donors (Lipinski definition) is 0. The maximum absolute atomic E-state index is 4.38. The SMILES string of the molecule is Cc1nc(Br)c(-c2ccc(Br)cc2)n1C. The number of aryl methyl sites for hydroxylation is 1. The summed E-state index contributed by atoms with van der Waals surface area (Å²) in [6.07, 6.45) is 0. The normalized spacial score (nSPS) is 10.7. The van der Waals surface area contributed by atoms with Crippen molar-refractivity contribution in [1.82, 2.24) is 9.55 Å². The van der Waals surface area contributed by atoms with Crippen molar-refractivity contribution in [3.05, 3.63) is 39.2 Å².